The van der Waals surface area contributed by atoms with Crippen LogP contribution in [0.3, 0.4) is 0 Å². The molecule has 12 heteroatoms. The van der Waals surface area contributed by atoms with Crippen molar-refractivity contribution in [3.8, 4) is 28.8 Å². The minimum atomic E-state index is -3.02. The summed E-state index contributed by atoms with van der Waals surface area (Å²) < 4.78 is 37.4. The number of nitrogens with zero attached hydrogens (tertiary/aromatic N) is 6. The highest BCUT2D eigenvalue weighted by Crippen LogP contribution is 2.34. The summed E-state index contributed by atoms with van der Waals surface area (Å²) in [6.07, 6.45) is 4.43. The second-order valence-electron chi connectivity index (χ2n) is 8.00. The van der Waals surface area contributed by atoms with Crippen LogP contribution in [0.2, 0.25) is 0 Å². The topological polar surface area (TPSA) is 136 Å². The number of hydrogen-bond acceptors (Lipinski definition) is 9. The van der Waals surface area contributed by atoms with Crippen LogP contribution in [0.1, 0.15) is 13.8 Å². The first kappa shape index (κ1) is 22.7. The molecule has 0 saturated carbocycles. The number of alkyl halides is 2. The first-order chi connectivity index (χ1) is 16.2. The Kier molecular flexibility index (Phi) is 6.09. The van der Waals surface area contributed by atoms with Gasteiger partial charge in [0.2, 0.25) is 5.88 Å². The zero-order valence-electron chi connectivity index (χ0n) is 18.2. The van der Waals surface area contributed by atoms with Crippen molar-refractivity contribution in [2.24, 2.45) is 5.41 Å². The Morgan fingerprint density at radius 3 is 2.76 bits per heavy atom. The molecule has 0 aliphatic rings. The summed E-state index contributed by atoms with van der Waals surface area (Å²) in [6, 6.07) is 10.5. The first-order valence-corrected chi connectivity index (χ1v) is 10.1. The Labute approximate surface area is 193 Å². The van der Waals surface area contributed by atoms with Gasteiger partial charge in [0.25, 0.3) is 0 Å². The lowest BCUT2D eigenvalue weighted by Gasteiger charge is -2.18. The van der Waals surface area contributed by atoms with Gasteiger partial charge in [0.05, 0.1) is 35.1 Å². The molecule has 4 aromatic heterocycles. The largest absolute Gasteiger partial charge is 0.490 e. The Morgan fingerprint density at radius 1 is 1.21 bits per heavy atom. The molecular weight excluding hydrogens is 446 g/mol. The molecule has 0 atom stereocenters. The van der Waals surface area contributed by atoms with Gasteiger partial charge < -0.3 is 20.5 Å². The molecule has 4 heterocycles. The second kappa shape index (κ2) is 9.14. The van der Waals surface area contributed by atoms with Crippen molar-refractivity contribution in [1.29, 1.82) is 5.26 Å². The molecule has 174 valence electrons. The van der Waals surface area contributed by atoms with E-state index >= 15 is 0 Å². The van der Waals surface area contributed by atoms with Gasteiger partial charge in [-0.1, -0.05) is 0 Å². The van der Waals surface area contributed by atoms with Crippen molar-refractivity contribution in [2.45, 2.75) is 20.5 Å². The highest BCUT2D eigenvalue weighted by atomic mass is 19.3. The molecule has 0 radical (unpaired) electrons. The van der Waals surface area contributed by atoms with Crippen LogP contribution in [0.15, 0.2) is 48.9 Å². The van der Waals surface area contributed by atoms with Crippen LogP contribution in [-0.4, -0.2) is 38.0 Å². The van der Waals surface area contributed by atoms with E-state index in [1.165, 1.54) is 18.5 Å². The zero-order chi connectivity index (χ0) is 24.3. The van der Waals surface area contributed by atoms with Crippen LogP contribution in [0.5, 0.6) is 11.6 Å². The van der Waals surface area contributed by atoms with Gasteiger partial charge in [0.15, 0.2) is 11.6 Å². The van der Waals surface area contributed by atoms with Crippen LogP contribution in [0, 0.1) is 16.7 Å². The Hall–Kier alpha value is -4.53. The fourth-order valence-electron chi connectivity index (χ4n) is 3.01. The maximum atomic E-state index is 12.8. The molecule has 0 aliphatic heterocycles. The van der Waals surface area contributed by atoms with Crippen LogP contribution >= 0.6 is 0 Å². The van der Waals surface area contributed by atoms with E-state index in [4.69, 9.17) is 10.5 Å². The molecule has 3 N–H and O–H groups in total. The quantitative estimate of drug-likeness (QED) is 0.394. The molecule has 4 rings (SSSR count). The van der Waals surface area contributed by atoms with Gasteiger partial charge in [-0.3, -0.25) is 0 Å². The minimum Gasteiger partial charge on any atom is -0.490 e. The van der Waals surface area contributed by atoms with E-state index in [9.17, 15) is 14.0 Å². The zero-order valence-corrected chi connectivity index (χ0v) is 18.2. The number of hydrogen-bond donors (Lipinski definition) is 2. The summed E-state index contributed by atoms with van der Waals surface area (Å²) in [5.41, 5.74) is 7.25. The molecular formula is C22H20F2N8O2. The summed E-state index contributed by atoms with van der Waals surface area (Å²) in [5, 5.41) is 24.5. The number of halogens is 2. The Morgan fingerprint density at radius 2 is 2.03 bits per heavy atom. The van der Waals surface area contributed by atoms with E-state index in [1.54, 1.807) is 48.8 Å². The van der Waals surface area contributed by atoms with Gasteiger partial charge >= 0.3 is 6.61 Å². The minimum absolute atomic E-state index is 0.0808. The Bertz CT molecular complexity index is 1370. The summed E-state index contributed by atoms with van der Waals surface area (Å²) in [5.74, 6) is 0.998. The molecule has 0 bridgehead atoms. The fraction of sp³-hybridized carbons (Fsp3) is 0.227. The van der Waals surface area contributed by atoms with Crippen molar-refractivity contribution in [2.75, 3.05) is 17.7 Å². The highest BCUT2D eigenvalue weighted by molar-refractivity contribution is 5.75. The lowest BCUT2D eigenvalue weighted by molar-refractivity contribution is -0.0528. The monoisotopic (exact) mass is 466 g/mol. The van der Waals surface area contributed by atoms with E-state index in [-0.39, 0.29) is 12.5 Å². The van der Waals surface area contributed by atoms with Crippen molar-refractivity contribution in [1.82, 2.24) is 24.8 Å². The molecule has 0 amide bonds. The SMILES string of the molecule is CC(C)(C#N)COc1cnc(OC(F)F)cc1-c1ccn2nc(Nc3cc(N)cnn3)cc2c1. The number of nitrogens with one attached hydrogen (secondary N) is 1. The van der Waals surface area contributed by atoms with Gasteiger partial charge in [-0.05, 0) is 31.5 Å². The summed E-state index contributed by atoms with van der Waals surface area (Å²) >= 11 is 0. The summed E-state index contributed by atoms with van der Waals surface area (Å²) in [7, 11) is 0. The summed E-state index contributed by atoms with van der Waals surface area (Å²) in [4.78, 5) is 3.89. The number of rotatable bonds is 8. The maximum absolute atomic E-state index is 12.8. The third kappa shape index (κ3) is 5.26. The third-order valence-corrected chi connectivity index (χ3v) is 4.65. The molecule has 0 aromatic carbocycles. The number of pyridine rings is 2. The number of nitrogen functional groups attached to an aromatic ring is 1. The van der Waals surface area contributed by atoms with Crippen molar-refractivity contribution >= 4 is 22.8 Å². The van der Waals surface area contributed by atoms with Gasteiger partial charge in [-0.25, -0.2) is 9.50 Å². The predicted molar refractivity (Wildman–Crippen MR) is 120 cm³/mol. The van der Waals surface area contributed by atoms with Gasteiger partial charge in [0, 0.05) is 30.0 Å². The van der Waals surface area contributed by atoms with Crippen molar-refractivity contribution < 1.29 is 18.3 Å². The molecule has 34 heavy (non-hydrogen) atoms. The maximum Gasteiger partial charge on any atom is 0.388 e. The smallest absolute Gasteiger partial charge is 0.388 e. The van der Waals surface area contributed by atoms with E-state index in [0.717, 1.165) is 0 Å². The van der Waals surface area contributed by atoms with E-state index in [1.807, 2.05) is 0 Å². The van der Waals surface area contributed by atoms with Crippen LogP contribution in [-0.2, 0) is 0 Å². The molecule has 0 fully saturated rings. The summed E-state index contributed by atoms with van der Waals surface area (Å²) in [6.45, 7) is 0.515. The molecule has 0 unspecified atom stereocenters. The van der Waals surface area contributed by atoms with Crippen molar-refractivity contribution in [3.63, 3.8) is 0 Å². The molecule has 0 spiro atoms. The molecule has 10 nitrogen and oxygen atoms in total. The molecule has 4 aromatic rings. The van der Waals surface area contributed by atoms with E-state index in [0.29, 0.717) is 39.7 Å². The number of ether oxygens (including phenoxy) is 2. The third-order valence-electron chi connectivity index (χ3n) is 4.65. The number of anilines is 3. The first-order valence-electron chi connectivity index (χ1n) is 10.1. The van der Waals surface area contributed by atoms with Crippen LogP contribution in [0.4, 0.5) is 26.1 Å². The predicted octanol–water partition coefficient (Wildman–Crippen LogP) is 4.04. The molecule has 0 saturated heterocycles. The fourth-order valence-corrected chi connectivity index (χ4v) is 3.01. The standard InChI is InChI=1S/C22H20F2N8O2/c1-22(2,11-25)12-33-17-10-27-20(34-21(23)24)8-16(17)13-3-4-32-15(5-13)7-19(31-32)29-18-6-14(26)9-28-30-18/h3-10,21H,12H2,1-2H3,(H3,26,29,30,31). The van der Waals surface area contributed by atoms with Crippen LogP contribution in [0.25, 0.3) is 16.6 Å². The van der Waals surface area contributed by atoms with E-state index < -0.39 is 12.0 Å². The number of nitriles is 1. The van der Waals surface area contributed by atoms with Crippen LogP contribution < -0.4 is 20.5 Å². The number of nitrogens with two attached hydrogens (primary N) is 1. The number of fused-ring (bicyclic) bond motifs is 1. The van der Waals surface area contributed by atoms with Crippen molar-refractivity contribution in [3.05, 3.63) is 48.9 Å². The molecule has 0 aliphatic carbocycles. The second-order valence-corrected chi connectivity index (χ2v) is 8.00. The average molecular weight is 466 g/mol. The Balaban J connectivity index is 1.68. The van der Waals surface area contributed by atoms with E-state index in [2.05, 4.69) is 36.4 Å². The van der Waals surface area contributed by atoms with Gasteiger partial charge in [0.1, 0.15) is 12.4 Å². The highest BCUT2D eigenvalue weighted by Gasteiger charge is 2.20. The van der Waals surface area contributed by atoms with Gasteiger partial charge in [-0.15, -0.1) is 5.10 Å². The average Bonchev–Trinajstić information content (AvgIpc) is 3.19. The number of aromatic nitrogens is 5. The lowest BCUT2D eigenvalue weighted by Crippen LogP contribution is -2.19. The lowest BCUT2D eigenvalue weighted by atomic mass is 9.97. The van der Waals surface area contributed by atoms with Gasteiger partial charge in [-0.2, -0.15) is 24.2 Å². The normalized spacial score (nSPS) is 11.4.